The molecule has 0 aliphatic carbocycles. The van der Waals surface area contributed by atoms with Gasteiger partial charge in [0.15, 0.2) is 0 Å². The number of nitrogens with one attached hydrogen (secondary N) is 1. The van der Waals surface area contributed by atoms with Crippen LogP contribution in [-0.2, 0) is 7.05 Å². The molecule has 0 aliphatic heterocycles. The summed E-state index contributed by atoms with van der Waals surface area (Å²) in [5.41, 5.74) is 5.65. The molecular weight excluding hydrogens is 249 g/mol. The highest BCUT2D eigenvalue weighted by atomic mass is 19.1. The molecule has 2 aromatic rings. The Labute approximate surface area is 108 Å². The van der Waals surface area contributed by atoms with E-state index in [1.807, 2.05) is 0 Å². The number of nitrogens with zero attached hydrogens (tertiary/aromatic N) is 1. The number of pyridine rings is 1. The summed E-state index contributed by atoms with van der Waals surface area (Å²) in [7, 11) is 1.59. The van der Waals surface area contributed by atoms with Gasteiger partial charge in [0, 0.05) is 30.6 Å². The van der Waals surface area contributed by atoms with Crippen LogP contribution in [0.5, 0.6) is 0 Å². The molecule has 0 fully saturated rings. The topological polar surface area (TPSA) is 77.1 Å². The molecule has 98 valence electrons. The molecule has 0 atom stereocenters. The van der Waals surface area contributed by atoms with Gasteiger partial charge in [0.2, 0.25) is 0 Å². The zero-order chi connectivity index (χ0) is 14.0. The van der Waals surface area contributed by atoms with Crippen molar-refractivity contribution in [2.45, 2.75) is 0 Å². The highest BCUT2D eigenvalue weighted by Gasteiger charge is 2.08. The quantitative estimate of drug-likeness (QED) is 0.801. The van der Waals surface area contributed by atoms with E-state index in [9.17, 15) is 14.0 Å². The van der Waals surface area contributed by atoms with Crippen LogP contribution in [0, 0.1) is 5.82 Å². The predicted molar refractivity (Wildman–Crippen MR) is 70.4 cm³/mol. The number of hydrogen-bond donors (Lipinski definition) is 2. The molecule has 19 heavy (non-hydrogen) atoms. The minimum absolute atomic E-state index is 0.0539. The summed E-state index contributed by atoms with van der Waals surface area (Å²) >= 11 is 0. The number of carbonyl (C=O) groups excluding carboxylic acids is 1. The van der Waals surface area contributed by atoms with Crippen LogP contribution >= 0.6 is 0 Å². The SMILES string of the molecule is Cn1ccc(C(=O)Nc2ccc(F)c(N)c2)cc1=O. The van der Waals surface area contributed by atoms with Gasteiger partial charge in [0.1, 0.15) is 5.82 Å². The fourth-order valence-electron chi connectivity index (χ4n) is 1.51. The van der Waals surface area contributed by atoms with Gasteiger partial charge in [-0.05, 0) is 24.3 Å². The van der Waals surface area contributed by atoms with Crippen molar-refractivity contribution in [1.29, 1.82) is 0 Å². The summed E-state index contributed by atoms with van der Waals surface area (Å²) in [6.45, 7) is 0. The Bertz CT molecular complexity index is 695. The van der Waals surface area contributed by atoms with E-state index < -0.39 is 11.7 Å². The Morgan fingerprint density at radius 3 is 2.68 bits per heavy atom. The van der Waals surface area contributed by atoms with Crippen LogP contribution in [0.2, 0.25) is 0 Å². The lowest BCUT2D eigenvalue weighted by atomic mass is 10.2. The van der Waals surface area contributed by atoms with E-state index >= 15 is 0 Å². The van der Waals surface area contributed by atoms with Crippen LogP contribution in [0.25, 0.3) is 0 Å². The lowest BCUT2D eigenvalue weighted by molar-refractivity contribution is 0.102. The molecule has 1 heterocycles. The van der Waals surface area contributed by atoms with Crippen molar-refractivity contribution in [3.63, 3.8) is 0 Å². The molecule has 3 N–H and O–H groups in total. The third kappa shape index (κ3) is 2.79. The van der Waals surface area contributed by atoms with Crippen molar-refractivity contribution >= 4 is 17.3 Å². The highest BCUT2D eigenvalue weighted by molar-refractivity contribution is 6.04. The lowest BCUT2D eigenvalue weighted by Crippen LogP contribution is -2.20. The average Bonchev–Trinajstić information content (AvgIpc) is 2.37. The van der Waals surface area contributed by atoms with Crippen LogP contribution < -0.4 is 16.6 Å². The van der Waals surface area contributed by atoms with Crippen LogP contribution in [0.1, 0.15) is 10.4 Å². The molecule has 0 bridgehead atoms. The Morgan fingerprint density at radius 2 is 2.05 bits per heavy atom. The van der Waals surface area contributed by atoms with Gasteiger partial charge in [-0.3, -0.25) is 9.59 Å². The number of rotatable bonds is 2. The molecule has 1 aromatic carbocycles. The maximum Gasteiger partial charge on any atom is 0.255 e. The summed E-state index contributed by atoms with van der Waals surface area (Å²) < 4.78 is 14.3. The summed E-state index contributed by atoms with van der Waals surface area (Å²) in [6.07, 6.45) is 1.50. The van der Waals surface area contributed by atoms with E-state index in [-0.39, 0.29) is 16.8 Å². The van der Waals surface area contributed by atoms with Gasteiger partial charge in [-0.1, -0.05) is 0 Å². The van der Waals surface area contributed by atoms with Crippen molar-refractivity contribution in [3.05, 3.63) is 58.3 Å². The molecule has 1 aromatic heterocycles. The number of nitrogens with two attached hydrogens (primary N) is 1. The number of benzene rings is 1. The van der Waals surface area contributed by atoms with E-state index in [4.69, 9.17) is 5.73 Å². The Kier molecular flexibility index (Phi) is 3.33. The second kappa shape index (κ2) is 4.93. The smallest absolute Gasteiger partial charge is 0.255 e. The zero-order valence-corrected chi connectivity index (χ0v) is 10.2. The van der Waals surface area contributed by atoms with Crippen molar-refractivity contribution in [2.75, 3.05) is 11.1 Å². The van der Waals surface area contributed by atoms with E-state index in [1.165, 1.54) is 35.0 Å². The van der Waals surface area contributed by atoms with Gasteiger partial charge in [-0.25, -0.2) is 4.39 Å². The standard InChI is InChI=1S/C13H12FN3O2/c1-17-5-4-8(6-12(17)18)13(19)16-9-2-3-10(14)11(15)7-9/h2-7H,15H2,1H3,(H,16,19). The molecule has 0 saturated carbocycles. The van der Waals surface area contributed by atoms with Gasteiger partial charge < -0.3 is 15.6 Å². The van der Waals surface area contributed by atoms with Crippen molar-refractivity contribution in [1.82, 2.24) is 4.57 Å². The first-order chi connectivity index (χ1) is 8.97. The van der Waals surface area contributed by atoms with E-state index in [1.54, 1.807) is 7.05 Å². The van der Waals surface area contributed by atoms with Gasteiger partial charge in [0.25, 0.3) is 11.5 Å². The summed E-state index contributed by atoms with van der Waals surface area (Å²) in [5, 5.41) is 2.54. The van der Waals surface area contributed by atoms with Crippen LogP contribution in [0.4, 0.5) is 15.8 Å². The predicted octanol–water partition coefficient (Wildman–Crippen LogP) is 1.36. The van der Waals surface area contributed by atoms with Gasteiger partial charge in [-0.2, -0.15) is 0 Å². The lowest BCUT2D eigenvalue weighted by Gasteiger charge is -2.06. The summed E-state index contributed by atoms with van der Waals surface area (Å²) in [5.74, 6) is -1.00. The molecule has 2 rings (SSSR count). The van der Waals surface area contributed by atoms with Gasteiger partial charge in [0.05, 0.1) is 5.69 Å². The number of halogens is 1. The van der Waals surface area contributed by atoms with Gasteiger partial charge in [-0.15, -0.1) is 0 Å². The van der Waals surface area contributed by atoms with Crippen LogP contribution in [0.3, 0.4) is 0 Å². The van der Waals surface area contributed by atoms with E-state index in [0.29, 0.717) is 5.69 Å². The minimum Gasteiger partial charge on any atom is -0.396 e. The molecule has 0 aliphatic rings. The first-order valence-corrected chi connectivity index (χ1v) is 5.50. The number of anilines is 2. The third-order valence-electron chi connectivity index (χ3n) is 2.62. The first kappa shape index (κ1) is 12.8. The Hall–Kier alpha value is -2.63. The average molecular weight is 261 g/mol. The fourth-order valence-corrected chi connectivity index (χ4v) is 1.51. The zero-order valence-electron chi connectivity index (χ0n) is 10.2. The summed E-state index contributed by atoms with van der Waals surface area (Å²) in [6, 6.07) is 6.61. The molecule has 6 heteroatoms. The highest BCUT2D eigenvalue weighted by Crippen LogP contribution is 2.16. The van der Waals surface area contributed by atoms with Crippen LogP contribution in [-0.4, -0.2) is 10.5 Å². The largest absolute Gasteiger partial charge is 0.396 e. The maximum absolute atomic E-state index is 13.0. The second-order valence-corrected chi connectivity index (χ2v) is 4.05. The van der Waals surface area contributed by atoms with Crippen molar-refractivity contribution in [3.8, 4) is 0 Å². The number of amides is 1. The normalized spacial score (nSPS) is 10.2. The minimum atomic E-state index is -0.549. The van der Waals surface area contributed by atoms with Crippen molar-refractivity contribution in [2.24, 2.45) is 7.05 Å². The number of hydrogen-bond acceptors (Lipinski definition) is 3. The van der Waals surface area contributed by atoms with E-state index in [2.05, 4.69) is 5.32 Å². The first-order valence-electron chi connectivity index (χ1n) is 5.50. The number of carbonyl (C=O) groups is 1. The number of nitrogen functional groups attached to an aromatic ring is 1. The molecule has 5 nitrogen and oxygen atoms in total. The van der Waals surface area contributed by atoms with Crippen molar-refractivity contribution < 1.29 is 9.18 Å². The maximum atomic E-state index is 13.0. The third-order valence-corrected chi connectivity index (χ3v) is 2.62. The number of aromatic nitrogens is 1. The molecular formula is C13H12FN3O2. The second-order valence-electron chi connectivity index (χ2n) is 4.05. The Balaban J connectivity index is 2.23. The molecule has 0 spiro atoms. The van der Waals surface area contributed by atoms with Crippen LogP contribution in [0.15, 0.2) is 41.3 Å². The molecule has 0 unspecified atom stereocenters. The monoisotopic (exact) mass is 261 g/mol. The Morgan fingerprint density at radius 1 is 1.32 bits per heavy atom. The number of aryl methyl sites for hydroxylation is 1. The molecule has 0 saturated heterocycles. The van der Waals surface area contributed by atoms with Gasteiger partial charge >= 0.3 is 0 Å². The molecule has 0 radical (unpaired) electrons. The summed E-state index contributed by atoms with van der Waals surface area (Å²) in [4.78, 5) is 23.3. The fraction of sp³-hybridized carbons (Fsp3) is 0.0769. The molecule has 1 amide bonds. The van der Waals surface area contributed by atoms with E-state index in [0.717, 1.165) is 6.07 Å².